The van der Waals surface area contributed by atoms with E-state index in [1.54, 1.807) is 0 Å². The molecule has 0 saturated heterocycles. The monoisotopic (exact) mass is 213 g/mol. The third-order valence-corrected chi connectivity index (χ3v) is 3.80. The van der Waals surface area contributed by atoms with Gasteiger partial charge in [0.25, 0.3) is 0 Å². The van der Waals surface area contributed by atoms with E-state index in [0.717, 1.165) is 44.9 Å². The summed E-state index contributed by atoms with van der Waals surface area (Å²) < 4.78 is 5.79. The summed E-state index contributed by atoms with van der Waals surface area (Å²) in [4.78, 5) is 0. The molecule has 2 aliphatic carbocycles. The smallest absolute Gasteiger partial charge is 0.0880 e. The molecule has 2 rings (SSSR count). The molecule has 2 aliphatic rings. The molecule has 88 valence electrons. The number of hydrogen-bond donors (Lipinski definition) is 2. The predicted molar refractivity (Wildman–Crippen MR) is 59.6 cm³/mol. The van der Waals surface area contributed by atoms with Crippen molar-refractivity contribution < 1.29 is 9.84 Å². The molecule has 0 aromatic rings. The first-order valence-electron chi connectivity index (χ1n) is 6.27. The number of ether oxygens (including phenoxy) is 1. The zero-order valence-electron chi connectivity index (χ0n) is 9.45. The fraction of sp³-hybridized carbons (Fsp3) is 1.00. The van der Waals surface area contributed by atoms with Crippen molar-refractivity contribution >= 4 is 0 Å². The van der Waals surface area contributed by atoms with Crippen molar-refractivity contribution in [1.82, 2.24) is 0 Å². The molecule has 2 unspecified atom stereocenters. The summed E-state index contributed by atoms with van der Waals surface area (Å²) in [5.41, 5.74) is 5.29. The van der Waals surface area contributed by atoms with Gasteiger partial charge in [0.1, 0.15) is 0 Å². The Kier molecular flexibility index (Phi) is 3.65. The van der Waals surface area contributed by atoms with Crippen LogP contribution in [0.1, 0.15) is 51.4 Å². The molecule has 3 N–H and O–H groups in total. The summed E-state index contributed by atoms with van der Waals surface area (Å²) in [5, 5.41) is 10.2. The second kappa shape index (κ2) is 4.81. The standard InChI is InChI=1S/C12H23NO2/c13-10-4-5-11(8-10)15-9-12(14)6-2-1-3-7-12/h10-11,14H,1-9,13H2. The molecule has 0 bridgehead atoms. The van der Waals surface area contributed by atoms with Crippen LogP contribution in [-0.2, 0) is 4.74 Å². The van der Waals surface area contributed by atoms with E-state index in [2.05, 4.69) is 0 Å². The van der Waals surface area contributed by atoms with Gasteiger partial charge < -0.3 is 15.6 Å². The summed E-state index contributed by atoms with van der Waals surface area (Å²) in [5.74, 6) is 0. The van der Waals surface area contributed by atoms with Crippen molar-refractivity contribution in [2.45, 2.75) is 69.1 Å². The van der Waals surface area contributed by atoms with E-state index in [4.69, 9.17) is 10.5 Å². The lowest BCUT2D eigenvalue weighted by atomic mass is 9.85. The molecule has 2 fully saturated rings. The number of hydrogen-bond acceptors (Lipinski definition) is 3. The zero-order chi connectivity index (χ0) is 10.7. The Labute approximate surface area is 92.0 Å². The molecule has 0 aromatic carbocycles. The molecular weight excluding hydrogens is 190 g/mol. The maximum absolute atomic E-state index is 10.2. The predicted octanol–water partition coefficient (Wildman–Crippen LogP) is 1.58. The lowest BCUT2D eigenvalue weighted by Gasteiger charge is -2.32. The highest BCUT2D eigenvalue weighted by molar-refractivity contribution is 4.84. The molecule has 15 heavy (non-hydrogen) atoms. The van der Waals surface area contributed by atoms with Crippen LogP contribution < -0.4 is 5.73 Å². The van der Waals surface area contributed by atoms with E-state index < -0.39 is 5.60 Å². The Bertz CT molecular complexity index is 202. The van der Waals surface area contributed by atoms with Crippen molar-refractivity contribution in [3.63, 3.8) is 0 Å². The van der Waals surface area contributed by atoms with Crippen LogP contribution in [0.3, 0.4) is 0 Å². The van der Waals surface area contributed by atoms with Crippen molar-refractivity contribution in [1.29, 1.82) is 0 Å². The summed E-state index contributed by atoms with van der Waals surface area (Å²) in [6.07, 6.45) is 8.77. The Morgan fingerprint density at radius 2 is 1.93 bits per heavy atom. The van der Waals surface area contributed by atoms with Crippen LogP contribution >= 0.6 is 0 Å². The Morgan fingerprint density at radius 3 is 2.53 bits per heavy atom. The van der Waals surface area contributed by atoms with Gasteiger partial charge in [0.15, 0.2) is 0 Å². The van der Waals surface area contributed by atoms with Gasteiger partial charge in [-0.1, -0.05) is 19.3 Å². The molecule has 0 radical (unpaired) electrons. The summed E-state index contributed by atoms with van der Waals surface area (Å²) in [6.45, 7) is 0.518. The Morgan fingerprint density at radius 1 is 1.20 bits per heavy atom. The van der Waals surface area contributed by atoms with Gasteiger partial charge in [-0.3, -0.25) is 0 Å². The number of nitrogens with two attached hydrogens (primary N) is 1. The van der Waals surface area contributed by atoms with E-state index in [-0.39, 0.29) is 0 Å². The normalized spacial score (nSPS) is 35.6. The van der Waals surface area contributed by atoms with Crippen LogP contribution in [0.15, 0.2) is 0 Å². The molecule has 0 aromatic heterocycles. The number of rotatable bonds is 3. The lowest BCUT2D eigenvalue weighted by molar-refractivity contribution is -0.0892. The van der Waals surface area contributed by atoms with Gasteiger partial charge in [0, 0.05) is 6.04 Å². The average Bonchev–Trinajstić information content (AvgIpc) is 2.63. The topological polar surface area (TPSA) is 55.5 Å². The average molecular weight is 213 g/mol. The van der Waals surface area contributed by atoms with Crippen LogP contribution in [0.2, 0.25) is 0 Å². The fourth-order valence-corrected chi connectivity index (χ4v) is 2.75. The van der Waals surface area contributed by atoms with Gasteiger partial charge in [-0.2, -0.15) is 0 Å². The minimum atomic E-state index is -0.537. The molecule has 3 nitrogen and oxygen atoms in total. The quantitative estimate of drug-likeness (QED) is 0.748. The van der Waals surface area contributed by atoms with Crippen molar-refractivity contribution in [2.24, 2.45) is 5.73 Å². The molecule has 3 heteroatoms. The van der Waals surface area contributed by atoms with Gasteiger partial charge in [-0.15, -0.1) is 0 Å². The van der Waals surface area contributed by atoms with Crippen molar-refractivity contribution in [2.75, 3.05) is 6.61 Å². The van der Waals surface area contributed by atoms with Gasteiger partial charge in [0.05, 0.1) is 18.3 Å². The summed E-state index contributed by atoms with van der Waals surface area (Å²) >= 11 is 0. The summed E-state index contributed by atoms with van der Waals surface area (Å²) in [7, 11) is 0. The highest BCUT2D eigenvalue weighted by Crippen LogP contribution is 2.30. The first-order chi connectivity index (χ1) is 7.18. The second-order valence-corrected chi connectivity index (χ2v) is 5.29. The molecule has 0 amide bonds. The molecule has 2 saturated carbocycles. The largest absolute Gasteiger partial charge is 0.387 e. The van der Waals surface area contributed by atoms with Gasteiger partial charge >= 0.3 is 0 Å². The third kappa shape index (κ3) is 3.16. The molecule has 0 heterocycles. The maximum Gasteiger partial charge on any atom is 0.0880 e. The van der Waals surface area contributed by atoms with Gasteiger partial charge in [-0.05, 0) is 32.1 Å². The van der Waals surface area contributed by atoms with Gasteiger partial charge in [0.2, 0.25) is 0 Å². The Balaban J connectivity index is 1.72. The van der Waals surface area contributed by atoms with Crippen LogP contribution in [0, 0.1) is 0 Å². The SMILES string of the molecule is NC1CCC(OCC2(O)CCCCC2)C1. The molecular formula is C12H23NO2. The van der Waals surface area contributed by atoms with Crippen LogP contribution in [0.25, 0.3) is 0 Å². The van der Waals surface area contributed by atoms with E-state index in [1.165, 1.54) is 6.42 Å². The lowest BCUT2D eigenvalue weighted by Crippen LogP contribution is -2.38. The summed E-state index contributed by atoms with van der Waals surface area (Å²) in [6, 6.07) is 0.316. The first-order valence-corrected chi connectivity index (χ1v) is 6.27. The molecule has 2 atom stereocenters. The van der Waals surface area contributed by atoms with Crippen molar-refractivity contribution in [3.05, 3.63) is 0 Å². The molecule has 0 aliphatic heterocycles. The van der Waals surface area contributed by atoms with E-state index in [0.29, 0.717) is 18.8 Å². The third-order valence-electron chi connectivity index (χ3n) is 3.80. The van der Waals surface area contributed by atoms with E-state index in [1.807, 2.05) is 0 Å². The first kappa shape index (κ1) is 11.4. The van der Waals surface area contributed by atoms with E-state index in [9.17, 15) is 5.11 Å². The van der Waals surface area contributed by atoms with Crippen LogP contribution in [0.5, 0.6) is 0 Å². The highest BCUT2D eigenvalue weighted by Gasteiger charge is 2.31. The highest BCUT2D eigenvalue weighted by atomic mass is 16.5. The molecule has 0 spiro atoms. The number of aliphatic hydroxyl groups is 1. The minimum absolute atomic E-state index is 0.297. The zero-order valence-corrected chi connectivity index (χ0v) is 9.45. The van der Waals surface area contributed by atoms with E-state index >= 15 is 0 Å². The minimum Gasteiger partial charge on any atom is -0.387 e. The van der Waals surface area contributed by atoms with Crippen molar-refractivity contribution in [3.8, 4) is 0 Å². The van der Waals surface area contributed by atoms with Gasteiger partial charge in [-0.25, -0.2) is 0 Å². The van der Waals surface area contributed by atoms with Crippen LogP contribution in [-0.4, -0.2) is 29.5 Å². The van der Waals surface area contributed by atoms with Crippen LogP contribution in [0.4, 0.5) is 0 Å². The fourth-order valence-electron chi connectivity index (χ4n) is 2.75. The maximum atomic E-state index is 10.2. The Hall–Kier alpha value is -0.120. The second-order valence-electron chi connectivity index (χ2n) is 5.29.